The Morgan fingerprint density at radius 1 is 1.06 bits per heavy atom. The van der Waals surface area contributed by atoms with Crippen molar-refractivity contribution in [1.29, 1.82) is 0 Å². The first kappa shape index (κ1) is 33.8. The van der Waals surface area contributed by atoms with Gasteiger partial charge in [-0.25, -0.2) is 9.97 Å². The number of allylic oxidation sites excluding steroid dienone is 1. The molecule has 0 aromatic carbocycles. The van der Waals surface area contributed by atoms with E-state index in [-0.39, 0.29) is 30.0 Å². The van der Waals surface area contributed by atoms with Gasteiger partial charge in [-0.15, -0.1) is 0 Å². The van der Waals surface area contributed by atoms with Gasteiger partial charge >= 0.3 is 5.97 Å². The fourth-order valence-electron chi connectivity index (χ4n) is 13.3. The van der Waals surface area contributed by atoms with E-state index in [9.17, 15) is 14.7 Å². The quantitative estimate of drug-likeness (QED) is 0.180. The smallest absolute Gasteiger partial charge is 0.315 e. The van der Waals surface area contributed by atoms with Gasteiger partial charge in [0.1, 0.15) is 11.7 Å². The highest BCUT2D eigenvalue weighted by atomic mass is 16.5. The number of anilines is 1. The Morgan fingerprint density at radius 2 is 1.82 bits per heavy atom. The maximum absolute atomic E-state index is 14.2. The van der Waals surface area contributed by atoms with E-state index < -0.39 is 22.2 Å². The number of nitrogens with zero attached hydrogens (tertiary/aromatic N) is 4. The first-order valence-electron chi connectivity index (χ1n) is 19.8. The molecule has 9 heteroatoms. The summed E-state index contributed by atoms with van der Waals surface area (Å²) in [5.74, 6) is 2.37. The number of carboxylic acids is 1. The lowest BCUT2D eigenvalue weighted by Gasteiger charge is -2.60. The SMILES string of the molecule is CC(C)C1=CC2CC3(C=O)[C@@H]4CC[C@@H](C)[C@H]4CC2([C@H]2C[C@@H](C4CCCCC4)[C@H](CNCCN4CCN(c5ncccn5)CC4)O2)[C@]13C(=O)O. The summed E-state index contributed by atoms with van der Waals surface area (Å²) in [6.45, 7) is 13.2. The Bertz CT molecular complexity index is 1410. The summed E-state index contributed by atoms with van der Waals surface area (Å²) in [5, 5.41) is 15.4. The van der Waals surface area contributed by atoms with E-state index in [1.165, 1.54) is 38.4 Å². The van der Waals surface area contributed by atoms with Crippen molar-refractivity contribution in [2.75, 3.05) is 50.7 Å². The number of carbonyl (C=O) groups is 2. The Balaban J connectivity index is 1.02. The number of fused-ring (bicyclic) bond motifs is 2. The second kappa shape index (κ2) is 13.0. The van der Waals surface area contributed by atoms with Gasteiger partial charge in [0, 0.05) is 63.6 Å². The van der Waals surface area contributed by atoms with E-state index in [4.69, 9.17) is 4.74 Å². The number of rotatable bonds is 11. The maximum Gasteiger partial charge on any atom is 0.315 e. The number of nitrogens with one attached hydrogen (secondary N) is 1. The van der Waals surface area contributed by atoms with Crippen LogP contribution < -0.4 is 10.2 Å². The Labute approximate surface area is 293 Å². The van der Waals surface area contributed by atoms with E-state index in [0.29, 0.717) is 30.1 Å². The second-order valence-corrected chi connectivity index (χ2v) is 17.4. The van der Waals surface area contributed by atoms with Crippen molar-refractivity contribution >= 4 is 18.2 Å². The third-order valence-corrected chi connectivity index (χ3v) is 15.3. The zero-order chi connectivity index (χ0) is 34.0. The Hall–Kier alpha value is -2.36. The number of hydrogen-bond donors (Lipinski definition) is 2. The van der Waals surface area contributed by atoms with Gasteiger partial charge in [-0.1, -0.05) is 70.9 Å². The first-order valence-corrected chi connectivity index (χ1v) is 19.8. The molecule has 1 aromatic rings. The lowest BCUT2D eigenvalue weighted by molar-refractivity contribution is -0.197. The molecule has 10 atom stereocenters. The number of aromatic nitrogens is 2. The molecule has 4 bridgehead atoms. The van der Waals surface area contributed by atoms with Gasteiger partial charge in [-0.05, 0) is 73.2 Å². The number of aliphatic carboxylic acids is 1. The van der Waals surface area contributed by atoms with Crippen molar-refractivity contribution in [3.8, 4) is 0 Å². The van der Waals surface area contributed by atoms with Crippen LogP contribution in [0.5, 0.6) is 0 Å². The first-order chi connectivity index (χ1) is 23.8. The van der Waals surface area contributed by atoms with Crippen LogP contribution in [0.25, 0.3) is 0 Å². The van der Waals surface area contributed by atoms with Gasteiger partial charge in [-0.3, -0.25) is 9.69 Å². The van der Waals surface area contributed by atoms with E-state index in [0.717, 1.165) is 83.0 Å². The van der Waals surface area contributed by atoms with Crippen LogP contribution in [-0.4, -0.2) is 90.3 Å². The van der Waals surface area contributed by atoms with Crippen LogP contribution in [-0.2, 0) is 14.3 Å². The molecule has 4 saturated carbocycles. The largest absolute Gasteiger partial charge is 0.481 e. The van der Waals surface area contributed by atoms with Crippen molar-refractivity contribution in [3.05, 3.63) is 30.1 Å². The minimum atomic E-state index is -1.16. The highest BCUT2D eigenvalue weighted by Gasteiger charge is 2.86. The summed E-state index contributed by atoms with van der Waals surface area (Å²) in [5.41, 5.74) is -1.52. The van der Waals surface area contributed by atoms with Crippen LogP contribution in [0.2, 0.25) is 0 Å². The summed E-state index contributed by atoms with van der Waals surface area (Å²) in [6.07, 6.45) is 18.1. The van der Waals surface area contributed by atoms with E-state index in [1.807, 2.05) is 18.5 Å². The van der Waals surface area contributed by atoms with Crippen LogP contribution in [0.15, 0.2) is 30.1 Å². The fourth-order valence-corrected chi connectivity index (χ4v) is 13.3. The molecule has 8 rings (SSSR count). The number of carbonyl (C=O) groups excluding carboxylic acids is 1. The van der Waals surface area contributed by atoms with Gasteiger partial charge in [-0.2, -0.15) is 0 Å². The molecule has 0 radical (unpaired) electrons. The molecule has 49 heavy (non-hydrogen) atoms. The van der Waals surface area contributed by atoms with Gasteiger partial charge in [0.15, 0.2) is 0 Å². The Kier molecular flexibility index (Phi) is 8.96. The van der Waals surface area contributed by atoms with Crippen LogP contribution in [0.3, 0.4) is 0 Å². The number of piperazine rings is 1. The average Bonchev–Trinajstić information content (AvgIpc) is 3.85. The molecule has 0 amide bonds. The lowest BCUT2D eigenvalue weighted by atomic mass is 9.41. The highest BCUT2D eigenvalue weighted by Crippen LogP contribution is 2.84. The third kappa shape index (κ3) is 4.94. The molecule has 268 valence electrons. The zero-order valence-corrected chi connectivity index (χ0v) is 30.1. The lowest BCUT2D eigenvalue weighted by Crippen LogP contribution is -2.65. The molecule has 2 aliphatic heterocycles. The number of aldehydes is 1. The fraction of sp³-hybridized carbons (Fsp3) is 0.800. The number of carboxylic acid groups (broad SMARTS) is 1. The predicted molar refractivity (Wildman–Crippen MR) is 189 cm³/mol. The van der Waals surface area contributed by atoms with Crippen LogP contribution in [0, 0.1) is 57.7 Å². The molecule has 6 fully saturated rings. The molecule has 2 saturated heterocycles. The molecular formula is C40H59N5O4. The van der Waals surface area contributed by atoms with Crippen molar-refractivity contribution in [3.63, 3.8) is 0 Å². The predicted octanol–water partition coefficient (Wildman–Crippen LogP) is 5.47. The molecule has 7 aliphatic rings. The van der Waals surface area contributed by atoms with E-state index in [2.05, 4.69) is 51.9 Å². The van der Waals surface area contributed by atoms with E-state index in [1.54, 1.807) is 0 Å². The van der Waals surface area contributed by atoms with Gasteiger partial charge in [0.25, 0.3) is 0 Å². The molecule has 3 unspecified atom stereocenters. The van der Waals surface area contributed by atoms with Gasteiger partial charge in [0.05, 0.1) is 17.6 Å². The molecule has 0 spiro atoms. The van der Waals surface area contributed by atoms with Gasteiger partial charge < -0.3 is 24.9 Å². The minimum Gasteiger partial charge on any atom is -0.481 e. The van der Waals surface area contributed by atoms with Crippen LogP contribution in [0.1, 0.15) is 85.0 Å². The number of hydrogen-bond acceptors (Lipinski definition) is 8. The van der Waals surface area contributed by atoms with Crippen molar-refractivity contribution in [2.45, 2.75) is 97.2 Å². The Morgan fingerprint density at radius 3 is 2.51 bits per heavy atom. The zero-order valence-electron chi connectivity index (χ0n) is 30.1. The standard InChI is InChI=1S/C40H59N5O4/c1-26(2)33-20-29-22-38(25-46)32-11-10-27(3)31(32)23-39(29,40(33,38)36(47)48)35-21-30(28-8-5-4-6-9-28)34(49-35)24-41-14-15-44-16-18-45(19-17-44)37-42-12-7-13-43-37/h7,12-13,20,25-32,34-35,41H,4-6,8-11,14-19,21-24H2,1-3H3,(H,47,48)/t27-,29?,30+,31-,32-,34+,35-,38?,39?,40+/m1/s1. The summed E-state index contributed by atoms with van der Waals surface area (Å²) in [6, 6.07) is 1.86. The number of ether oxygens (including phenoxy) is 1. The second-order valence-electron chi connectivity index (χ2n) is 17.4. The highest BCUT2D eigenvalue weighted by molar-refractivity contribution is 5.90. The van der Waals surface area contributed by atoms with Crippen molar-refractivity contribution in [1.82, 2.24) is 20.2 Å². The topological polar surface area (TPSA) is 108 Å². The monoisotopic (exact) mass is 673 g/mol. The molecule has 9 nitrogen and oxygen atoms in total. The van der Waals surface area contributed by atoms with E-state index >= 15 is 0 Å². The minimum absolute atomic E-state index is 0.0762. The summed E-state index contributed by atoms with van der Waals surface area (Å²) in [7, 11) is 0. The summed E-state index contributed by atoms with van der Waals surface area (Å²) in [4.78, 5) is 41.4. The van der Waals surface area contributed by atoms with Crippen LogP contribution in [0.4, 0.5) is 5.95 Å². The maximum atomic E-state index is 14.2. The normalized spacial score (nSPS) is 42.1. The third-order valence-electron chi connectivity index (χ3n) is 15.3. The molecule has 3 heterocycles. The van der Waals surface area contributed by atoms with Crippen LogP contribution >= 0.6 is 0 Å². The summed E-state index contributed by atoms with van der Waals surface area (Å²) < 4.78 is 7.39. The summed E-state index contributed by atoms with van der Waals surface area (Å²) >= 11 is 0. The molecular weight excluding hydrogens is 614 g/mol. The average molecular weight is 674 g/mol. The molecule has 1 aromatic heterocycles. The van der Waals surface area contributed by atoms with Crippen molar-refractivity contribution < 1.29 is 19.4 Å². The molecule has 2 N–H and O–H groups in total. The van der Waals surface area contributed by atoms with Gasteiger partial charge in [0.2, 0.25) is 5.95 Å². The molecule has 5 aliphatic carbocycles. The van der Waals surface area contributed by atoms with Crippen molar-refractivity contribution in [2.24, 2.45) is 57.7 Å².